The van der Waals surface area contributed by atoms with Crippen molar-refractivity contribution in [2.75, 3.05) is 13.2 Å². The number of amides is 2. The summed E-state index contributed by atoms with van der Waals surface area (Å²) in [7, 11) is 0. The molecule has 0 aliphatic carbocycles. The maximum atomic E-state index is 13.1. The molecule has 0 aliphatic heterocycles. The maximum absolute atomic E-state index is 13.1. The smallest absolute Gasteiger partial charge is 0.306 e. The molecule has 0 aromatic heterocycles. The zero-order chi connectivity index (χ0) is 31.6. The van der Waals surface area contributed by atoms with Gasteiger partial charge in [-0.05, 0) is 48.1 Å². The van der Waals surface area contributed by atoms with Crippen molar-refractivity contribution in [2.45, 2.75) is 50.9 Å². The van der Waals surface area contributed by atoms with Crippen LogP contribution in [0.2, 0.25) is 0 Å². The van der Waals surface area contributed by atoms with Crippen LogP contribution < -0.4 is 15.4 Å². The molecular formula is C36H42N2O6. The minimum atomic E-state index is -0.680. The van der Waals surface area contributed by atoms with Crippen LogP contribution in [0.25, 0.3) is 0 Å². The first kappa shape index (κ1) is 33.8. The lowest BCUT2D eigenvalue weighted by atomic mass is 9.98. The van der Waals surface area contributed by atoms with E-state index in [1.165, 1.54) is 0 Å². The minimum Gasteiger partial charge on any atom is -0.489 e. The Morgan fingerprint density at radius 1 is 0.864 bits per heavy atom. The fraction of sp³-hybridized carbons (Fsp3) is 0.306. The number of allylic oxidation sites excluding steroid dienone is 2. The van der Waals surface area contributed by atoms with Gasteiger partial charge < -0.3 is 25.2 Å². The number of benzene rings is 3. The van der Waals surface area contributed by atoms with Crippen LogP contribution in [-0.4, -0.2) is 42.1 Å². The van der Waals surface area contributed by atoms with Crippen LogP contribution in [-0.2, 0) is 32.1 Å². The molecular weight excluding hydrogens is 556 g/mol. The van der Waals surface area contributed by atoms with Crippen LogP contribution in [0.3, 0.4) is 0 Å². The monoisotopic (exact) mass is 598 g/mol. The summed E-state index contributed by atoms with van der Waals surface area (Å²) in [5.74, 6) is -1.05. The Morgan fingerprint density at radius 3 is 2.18 bits per heavy atom. The average molecular weight is 599 g/mol. The van der Waals surface area contributed by atoms with E-state index in [2.05, 4.69) is 23.8 Å². The Balaban J connectivity index is 1.52. The summed E-state index contributed by atoms with van der Waals surface area (Å²) < 4.78 is 11.5. The molecule has 44 heavy (non-hydrogen) atoms. The zero-order valence-electron chi connectivity index (χ0n) is 25.0. The molecule has 2 amide bonds. The van der Waals surface area contributed by atoms with Gasteiger partial charge in [0, 0.05) is 12.8 Å². The summed E-state index contributed by atoms with van der Waals surface area (Å²) in [5, 5.41) is 15.6. The SMILES string of the molecule is C=CCCC(=O)OC(CNC(=O)C(CC=C)CC(=O)NC(CO)Cc1ccc(OCc2ccccc2)cc1)c1ccccc1. The summed E-state index contributed by atoms with van der Waals surface area (Å²) in [6, 6.07) is 26.0. The van der Waals surface area contributed by atoms with Gasteiger partial charge in [-0.2, -0.15) is 0 Å². The second kappa shape index (κ2) is 18.8. The van der Waals surface area contributed by atoms with Crippen LogP contribution in [0.15, 0.2) is 110 Å². The molecule has 3 aromatic rings. The fourth-order valence-corrected chi connectivity index (χ4v) is 4.57. The normalized spacial score (nSPS) is 12.7. The molecule has 3 rings (SSSR count). The molecule has 0 saturated carbocycles. The van der Waals surface area contributed by atoms with Gasteiger partial charge in [-0.15, -0.1) is 13.2 Å². The highest BCUT2D eigenvalue weighted by atomic mass is 16.5. The van der Waals surface area contributed by atoms with E-state index in [0.29, 0.717) is 19.4 Å². The molecule has 0 radical (unpaired) electrons. The van der Waals surface area contributed by atoms with Gasteiger partial charge in [0.15, 0.2) is 0 Å². The Hall–Kier alpha value is -4.69. The van der Waals surface area contributed by atoms with Crippen LogP contribution in [0, 0.1) is 5.92 Å². The molecule has 8 nitrogen and oxygen atoms in total. The Bertz CT molecular complexity index is 1330. The van der Waals surface area contributed by atoms with Gasteiger partial charge in [0.05, 0.1) is 25.1 Å². The number of carbonyl (C=O) groups excluding carboxylic acids is 3. The third-order valence-electron chi connectivity index (χ3n) is 6.95. The lowest BCUT2D eigenvalue weighted by Gasteiger charge is -2.22. The third kappa shape index (κ3) is 11.9. The van der Waals surface area contributed by atoms with Crippen molar-refractivity contribution in [3.63, 3.8) is 0 Å². The number of esters is 1. The number of aliphatic hydroxyl groups is 1. The third-order valence-corrected chi connectivity index (χ3v) is 6.95. The van der Waals surface area contributed by atoms with E-state index < -0.39 is 18.1 Å². The van der Waals surface area contributed by atoms with Crippen LogP contribution in [0.5, 0.6) is 5.75 Å². The standard InChI is InChI=1S/C36H42N2O6/c1-3-5-17-35(41)44-33(29-15-10-7-11-16-29)24-37-36(42)30(12-4-2)23-34(40)38-31(25-39)22-27-18-20-32(21-19-27)43-26-28-13-8-6-9-14-28/h3-4,6-11,13-16,18-21,30-31,33,39H,1-2,5,12,17,22-26H2,(H,37,42)(H,38,40). The molecule has 3 N–H and O–H groups in total. The van der Waals surface area contributed by atoms with Gasteiger partial charge in [0.2, 0.25) is 11.8 Å². The number of carbonyl (C=O) groups is 3. The lowest BCUT2D eigenvalue weighted by molar-refractivity contribution is -0.150. The predicted molar refractivity (Wildman–Crippen MR) is 171 cm³/mol. The quantitative estimate of drug-likeness (QED) is 0.129. The summed E-state index contributed by atoms with van der Waals surface area (Å²) in [6.45, 7) is 7.62. The molecule has 3 aromatic carbocycles. The molecule has 0 aliphatic rings. The maximum Gasteiger partial charge on any atom is 0.306 e. The molecule has 3 atom stereocenters. The molecule has 3 unspecified atom stereocenters. The number of ether oxygens (including phenoxy) is 2. The molecule has 0 fully saturated rings. The van der Waals surface area contributed by atoms with Crippen molar-refractivity contribution < 1.29 is 29.0 Å². The summed E-state index contributed by atoms with van der Waals surface area (Å²) in [4.78, 5) is 38.4. The van der Waals surface area contributed by atoms with E-state index in [0.717, 1.165) is 22.4 Å². The highest BCUT2D eigenvalue weighted by Gasteiger charge is 2.24. The molecule has 8 heteroatoms. The van der Waals surface area contributed by atoms with Gasteiger partial charge >= 0.3 is 5.97 Å². The van der Waals surface area contributed by atoms with Gasteiger partial charge in [-0.3, -0.25) is 14.4 Å². The first-order valence-corrected chi connectivity index (χ1v) is 14.8. The van der Waals surface area contributed by atoms with Gasteiger partial charge in [0.1, 0.15) is 18.5 Å². The highest BCUT2D eigenvalue weighted by Crippen LogP contribution is 2.19. The van der Waals surface area contributed by atoms with Crippen molar-refractivity contribution in [1.29, 1.82) is 0 Å². The van der Waals surface area contributed by atoms with E-state index in [1.807, 2.05) is 84.9 Å². The van der Waals surface area contributed by atoms with Crippen molar-refractivity contribution in [3.05, 3.63) is 127 Å². The van der Waals surface area contributed by atoms with Gasteiger partial charge in [-0.25, -0.2) is 0 Å². The number of nitrogens with one attached hydrogen (secondary N) is 2. The van der Waals surface area contributed by atoms with Gasteiger partial charge in [-0.1, -0.05) is 84.9 Å². The van der Waals surface area contributed by atoms with Crippen molar-refractivity contribution in [2.24, 2.45) is 5.92 Å². The number of hydrogen-bond donors (Lipinski definition) is 3. The minimum absolute atomic E-state index is 0.0578. The van der Waals surface area contributed by atoms with E-state index in [1.54, 1.807) is 12.2 Å². The number of aliphatic hydroxyl groups excluding tert-OH is 1. The van der Waals surface area contributed by atoms with Crippen LogP contribution in [0.1, 0.15) is 48.5 Å². The first-order valence-electron chi connectivity index (χ1n) is 14.8. The lowest BCUT2D eigenvalue weighted by Crippen LogP contribution is -2.42. The zero-order valence-corrected chi connectivity index (χ0v) is 25.0. The first-order chi connectivity index (χ1) is 21.4. The number of rotatable bonds is 19. The van der Waals surface area contributed by atoms with E-state index in [-0.39, 0.29) is 50.2 Å². The Kier molecular flexibility index (Phi) is 14.4. The van der Waals surface area contributed by atoms with Crippen molar-refractivity contribution in [1.82, 2.24) is 10.6 Å². The van der Waals surface area contributed by atoms with Crippen molar-refractivity contribution in [3.8, 4) is 5.75 Å². The average Bonchev–Trinajstić information content (AvgIpc) is 3.05. The van der Waals surface area contributed by atoms with E-state index in [4.69, 9.17) is 9.47 Å². The van der Waals surface area contributed by atoms with Crippen LogP contribution >= 0.6 is 0 Å². The summed E-state index contributed by atoms with van der Waals surface area (Å²) in [5.41, 5.74) is 2.74. The second-order valence-electron chi connectivity index (χ2n) is 10.5. The topological polar surface area (TPSA) is 114 Å². The summed E-state index contributed by atoms with van der Waals surface area (Å²) >= 11 is 0. The second-order valence-corrected chi connectivity index (χ2v) is 10.5. The molecule has 232 valence electrons. The summed E-state index contributed by atoms with van der Waals surface area (Å²) in [6.07, 6.45) is 3.85. The van der Waals surface area contributed by atoms with E-state index in [9.17, 15) is 19.5 Å². The van der Waals surface area contributed by atoms with E-state index >= 15 is 0 Å². The highest BCUT2D eigenvalue weighted by molar-refractivity contribution is 5.86. The van der Waals surface area contributed by atoms with Crippen molar-refractivity contribution >= 4 is 17.8 Å². The molecule has 0 bridgehead atoms. The van der Waals surface area contributed by atoms with Gasteiger partial charge in [0.25, 0.3) is 0 Å². The Morgan fingerprint density at radius 2 is 1.55 bits per heavy atom. The van der Waals surface area contributed by atoms with Crippen LogP contribution in [0.4, 0.5) is 0 Å². The molecule has 0 spiro atoms. The largest absolute Gasteiger partial charge is 0.489 e. The Labute approximate surface area is 259 Å². The fourth-order valence-electron chi connectivity index (χ4n) is 4.57. The number of hydrogen-bond acceptors (Lipinski definition) is 6. The predicted octanol–water partition coefficient (Wildman–Crippen LogP) is 5.23. The molecule has 0 heterocycles. The molecule has 0 saturated heterocycles.